The number of nitrogens with one attached hydrogen (secondary N) is 2. The molecule has 24 heavy (non-hydrogen) atoms. The van der Waals surface area contributed by atoms with E-state index < -0.39 is 0 Å². The summed E-state index contributed by atoms with van der Waals surface area (Å²) in [5.41, 5.74) is 1.25. The number of hydrogen-bond acceptors (Lipinski definition) is 6. The molecule has 0 saturated carbocycles. The van der Waals surface area contributed by atoms with Gasteiger partial charge in [0.2, 0.25) is 0 Å². The molecule has 1 amide bonds. The summed E-state index contributed by atoms with van der Waals surface area (Å²) in [5, 5.41) is 6.05. The van der Waals surface area contributed by atoms with Crippen molar-refractivity contribution in [1.82, 2.24) is 20.3 Å². The van der Waals surface area contributed by atoms with Crippen molar-refractivity contribution in [2.75, 3.05) is 18.5 Å². The van der Waals surface area contributed by atoms with Crippen molar-refractivity contribution in [3.63, 3.8) is 0 Å². The topological polar surface area (TPSA) is 89.0 Å². The standard InChI is InChI=1S/C17H21N5O2/c1-12-21-15(17(23)20-11-14-6-4-8-24-14)9-16(22-12)19-10-13-5-2-3-7-18-13/h2-3,5,7,9,14H,4,6,8,10-11H2,1H3,(H,20,23)(H,19,21,22). The second-order valence-electron chi connectivity index (χ2n) is 5.71. The predicted molar refractivity (Wildman–Crippen MR) is 89.6 cm³/mol. The van der Waals surface area contributed by atoms with Crippen LogP contribution in [-0.4, -0.2) is 40.1 Å². The van der Waals surface area contributed by atoms with Gasteiger partial charge >= 0.3 is 0 Å². The summed E-state index contributed by atoms with van der Waals surface area (Å²) in [7, 11) is 0. The Balaban J connectivity index is 1.61. The summed E-state index contributed by atoms with van der Waals surface area (Å²) in [6, 6.07) is 7.38. The quantitative estimate of drug-likeness (QED) is 0.839. The Morgan fingerprint density at radius 3 is 3.04 bits per heavy atom. The Kier molecular flexibility index (Phi) is 5.32. The van der Waals surface area contributed by atoms with Crippen molar-refractivity contribution < 1.29 is 9.53 Å². The highest BCUT2D eigenvalue weighted by Crippen LogP contribution is 2.12. The predicted octanol–water partition coefficient (Wildman–Crippen LogP) is 1.70. The monoisotopic (exact) mass is 327 g/mol. The number of aryl methyl sites for hydroxylation is 1. The summed E-state index contributed by atoms with van der Waals surface area (Å²) < 4.78 is 5.51. The van der Waals surface area contributed by atoms with Crippen molar-refractivity contribution in [3.8, 4) is 0 Å². The van der Waals surface area contributed by atoms with E-state index >= 15 is 0 Å². The number of anilines is 1. The summed E-state index contributed by atoms with van der Waals surface area (Å²) in [5.74, 6) is 0.940. The molecule has 0 aliphatic carbocycles. The zero-order valence-corrected chi connectivity index (χ0v) is 13.7. The SMILES string of the molecule is Cc1nc(NCc2ccccn2)cc(C(=O)NCC2CCCO2)n1. The van der Waals surface area contributed by atoms with E-state index in [4.69, 9.17) is 4.74 Å². The highest BCUT2D eigenvalue weighted by Gasteiger charge is 2.17. The van der Waals surface area contributed by atoms with Gasteiger partial charge in [-0.3, -0.25) is 9.78 Å². The van der Waals surface area contributed by atoms with Gasteiger partial charge in [0.15, 0.2) is 0 Å². The van der Waals surface area contributed by atoms with E-state index in [-0.39, 0.29) is 12.0 Å². The van der Waals surface area contributed by atoms with Crippen LogP contribution in [0.1, 0.15) is 34.8 Å². The van der Waals surface area contributed by atoms with Gasteiger partial charge in [-0.1, -0.05) is 6.07 Å². The fourth-order valence-corrected chi connectivity index (χ4v) is 2.56. The van der Waals surface area contributed by atoms with Crippen LogP contribution in [0.25, 0.3) is 0 Å². The van der Waals surface area contributed by atoms with Gasteiger partial charge in [-0.2, -0.15) is 0 Å². The molecule has 0 bridgehead atoms. The number of carbonyl (C=O) groups is 1. The molecule has 1 saturated heterocycles. The maximum atomic E-state index is 12.3. The second-order valence-corrected chi connectivity index (χ2v) is 5.71. The number of nitrogens with zero attached hydrogens (tertiary/aromatic N) is 3. The maximum Gasteiger partial charge on any atom is 0.270 e. The van der Waals surface area contributed by atoms with E-state index in [0.717, 1.165) is 25.1 Å². The van der Waals surface area contributed by atoms with Crippen LogP contribution in [0.3, 0.4) is 0 Å². The Labute approximate surface area is 140 Å². The number of ether oxygens (including phenoxy) is 1. The lowest BCUT2D eigenvalue weighted by atomic mass is 10.2. The Bertz CT molecular complexity index is 687. The average molecular weight is 327 g/mol. The minimum atomic E-state index is -0.211. The van der Waals surface area contributed by atoms with Crippen LogP contribution in [0.15, 0.2) is 30.5 Å². The van der Waals surface area contributed by atoms with E-state index in [1.54, 1.807) is 19.2 Å². The zero-order chi connectivity index (χ0) is 16.8. The highest BCUT2D eigenvalue weighted by molar-refractivity contribution is 5.92. The van der Waals surface area contributed by atoms with E-state index in [9.17, 15) is 4.79 Å². The third kappa shape index (κ3) is 4.48. The number of rotatable bonds is 6. The molecule has 3 heterocycles. The van der Waals surface area contributed by atoms with Gasteiger partial charge < -0.3 is 15.4 Å². The van der Waals surface area contributed by atoms with E-state index in [2.05, 4.69) is 25.6 Å². The second kappa shape index (κ2) is 7.83. The van der Waals surface area contributed by atoms with Crippen LogP contribution in [0.2, 0.25) is 0 Å². The van der Waals surface area contributed by atoms with Crippen molar-refractivity contribution in [2.24, 2.45) is 0 Å². The van der Waals surface area contributed by atoms with Gasteiger partial charge in [0.1, 0.15) is 17.3 Å². The molecule has 2 aromatic rings. The number of pyridine rings is 1. The molecule has 1 aliphatic rings. The van der Waals surface area contributed by atoms with Crippen LogP contribution in [0.5, 0.6) is 0 Å². The summed E-state index contributed by atoms with van der Waals surface area (Å²) in [6.45, 7) is 3.59. The molecule has 1 aliphatic heterocycles. The van der Waals surface area contributed by atoms with E-state index in [0.29, 0.717) is 30.4 Å². The molecule has 1 unspecified atom stereocenters. The van der Waals surface area contributed by atoms with Gasteiger partial charge in [0, 0.05) is 25.4 Å². The summed E-state index contributed by atoms with van der Waals surface area (Å²) in [6.07, 6.45) is 3.89. The maximum absolute atomic E-state index is 12.3. The largest absolute Gasteiger partial charge is 0.376 e. The molecule has 3 rings (SSSR count). The van der Waals surface area contributed by atoms with Gasteiger partial charge in [-0.15, -0.1) is 0 Å². The van der Waals surface area contributed by atoms with Crippen molar-refractivity contribution in [1.29, 1.82) is 0 Å². The third-order valence-electron chi connectivity index (χ3n) is 3.76. The highest BCUT2D eigenvalue weighted by atomic mass is 16.5. The summed E-state index contributed by atoms with van der Waals surface area (Å²) >= 11 is 0. The zero-order valence-electron chi connectivity index (χ0n) is 13.7. The first-order valence-electron chi connectivity index (χ1n) is 8.10. The van der Waals surface area contributed by atoms with Crippen molar-refractivity contribution in [2.45, 2.75) is 32.4 Å². The Morgan fingerprint density at radius 2 is 2.29 bits per heavy atom. The fraction of sp³-hybridized carbons (Fsp3) is 0.412. The third-order valence-corrected chi connectivity index (χ3v) is 3.76. The lowest BCUT2D eigenvalue weighted by molar-refractivity contribution is 0.0853. The number of amides is 1. The molecule has 0 spiro atoms. The van der Waals surface area contributed by atoms with Gasteiger partial charge in [-0.05, 0) is 31.9 Å². The lowest BCUT2D eigenvalue weighted by Crippen LogP contribution is -2.32. The molecule has 7 heteroatoms. The molecule has 2 N–H and O–H groups in total. The molecule has 1 atom stereocenters. The number of aromatic nitrogens is 3. The van der Waals surface area contributed by atoms with E-state index in [1.807, 2.05) is 18.2 Å². The minimum absolute atomic E-state index is 0.110. The van der Waals surface area contributed by atoms with Crippen LogP contribution < -0.4 is 10.6 Å². The average Bonchev–Trinajstić information content (AvgIpc) is 3.12. The molecular formula is C17H21N5O2. The number of hydrogen-bond donors (Lipinski definition) is 2. The number of carbonyl (C=O) groups excluding carboxylic acids is 1. The first-order chi connectivity index (χ1) is 11.7. The molecule has 1 fully saturated rings. The molecule has 0 aromatic carbocycles. The Morgan fingerprint density at radius 1 is 1.38 bits per heavy atom. The summed E-state index contributed by atoms with van der Waals surface area (Å²) in [4.78, 5) is 25.1. The molecule has 7 nitrogen and oxygen atoms in total. The van der Waals surface area contributed by atoms with Gasteiger partial charge in [-0.25, -0.2) is 9.97 Å². The fourth-order valence-electron chi connectivity index (χ4n) is 2.56. The first kappa shape index (κ1) is 16.3. The molecule has 2 aromatic heterocycles. The van der Waals surface area contributed by atoms with Crippen molar-refractivity contribution >= 4 is 11.7 Å². The minimum Gasteiger partial charge on any atom is -0.376 e. The van der Waals surface area contributed by atoms with Crippen LogP contribution in [0, 0.1) is 6.92 Å². The lowest BCUT2D eigenvalue weighted by Gasteiger charge is -2.11. The van der Waals surface area contributed by atoms with E-state index in [1.165, 1.54) is 0 Å². The molecular weight excluding hydrogens is 306 g/mol. The van der Waals surface area contributed by atoms with Crippen LogP contribution >= 0.6 is 0 Å². The Hall–Kier alpha value is -2.54. The molecule has 0 radical (unpaired) electrons. The van der Waals surface area contributed by atoms with Crippen molar-refractivity contribution in [3.05, 3.63) is 47.7 Å². The smallest absolute Gasteiger partial charge is 0.270 e. The first-order valence-corrected chi connectivity index (χ1v) is 8.10. The van der Waals surface area contributed by atoms with Crippen LogP contribution in [0.4, 0.5) is 5.82 Å². The van der Waals surface area contributed by atoms with Crippen LogP contribution in [-0.2, 0) is 11.3 Å². The van der Waals surface area contributed by atoms with Gasteiger partial charge in [0.25, 0.3) is 5.91 Å². The molecule has 126 valence electrons. The normalized spacial score (nSPS) is 16.8. The van der Waals surface area contributed by atoms with Gasteiger partial charge in [0.05, 0.1) is 18.3 Å².